The summed E-state index contributed by atoms with van der Waals surface area (Å²) in [7, 11) is 6.72. The molecule has 2 aliphatic rings. The van der Waals surface area contributed by atoms with Crippen molar-refractivity contribution in [2.45, 2.75) is 77.4 Å². The van der Waals surface area contributed by atoms with Crippen molar-refractivity contribution in [2.24, 2.45) is 13.0 Å². The fourth-order valence-corrected chi connectivity index (χ4v) is 7.78. The Morgan fingerprint density at radius 1 is 1.00 bits per heavy atom. The number of hydrogen-bond donors (Lipinski definition) is 2. The molecule has 1 aliphatic heterocycles. The second-order valence-corrected chi connectivity index (χ2v) is 13.7. The number of para-hydroxylation sites is 2. The van der Waals surface area contributed by atoms with Gasteiger partial charge in [0, 0.05) is 26.1 Å². The normalized spacial score (nSPS) is 18.1. The number of nitrogens with one attached hydrogen (secondary N) is 2. The van der Waals surface area contributed by atoms with Crippen molar-refractivity contribution in [1.82, 2.24) is 19.8 Å². The van der Waals surface area contributed by atoms with Gasteiger partial charge in [-0.25, -0.2) is 4.98 Å². The van der Waals surface area contributed by atoms with Crippen molar-refractivity contribution in [2.75, 3.05) is 33.2 Å². The van der Waals surface area contributed by atoms with Gasteiger partial charge in [-0.1, -0.05) is 38.5 Å². The number of ether oxygens (including phenoxy) is 3. The average molecular weight is 696 g/mol. The van der Waals surface area contributed by atoms with Gasteiger partial charge < -0.3 is 34.3 Å². The molecule has 11 heteroatoms. The van der Waals surface area contributed by atoms with E-state index in [1.54, 1.807) is 33.5 Å². The van der Waals surface area contributed by atoms with Gasteiger partial charge in [-0.3, -0.25) is 14.4 Å². The molecular formula is C40H49N5O6. The number of aryl methyl sites for hydroxylation is 2. The summed E-state index contributed by atoms with van der Waals surface area (Å²) in [6.07, 6.45) is 4.60. The van der Waals surface area contributed by atoms with Gasteiger partial charge >= 0.3 is 0 Å². The number of rotatable bonds is 10. The maximum atomic E-state index is 14.7. The number of hydrogen-bond acceptors (Lipinski definition) is 8. The molecule has 1 aromatic heterocycles. The maximum absolute atomic E-state index is 14.7. The van der Waals surface area contributed by atoms with E-state index in [-0.39, 0.29) is 29.2 Å². The summed E-state index contributed by atoms with van der Waals surface area (Å²) in [5.41, 5.74) is 5.07. The van der Waals surface area contributed by atoms with E-state index >= 15 is 0 Å². The fourth-order valence-electron chi connectivity index (χ4n) is 7.78. The number of fused-ring (bicyclic) bond motifs is 4. The number of carbonyl (C=O) groups excluding carboxylic acids is 2. The fraction of sp³-hybridized carbons (Fsp3) is 0.450. The van der Waals surface area contributed by atoms with E-state index in [0.29, 0.717) is 47.9 Å². The number of nitrogens with zero attached hydrogens (tertiary/aromatic N) is 3. The van der Waals surface area contributed by atoms with Crippen LogP contribution in [0, 0.1) is 5.92 Å². The van der Waals surface area contributed by atoms with Gasteiger partial charge in [0.15, 0.2) is 11.5 Å². The first-order valence-corrected chi connectivity index (χ1v) is 17.9. The molecule has 11 nitrogen and oxygen atoms in total. The number of amides is 2. The Kier molecular flexibility index (Phi) is 10.5. The van der Waals surface area contributed by atoms with Gasteiger partial charge in [0.25, 0.3) is 0 Å². The zero-order valence-corrected chi connectivity index (χ0v) is 30.7. The summed E-state index contributed by atoms with van der Waals surface area (Å²) in [5.74, 6) is 2.00. The van der Waals surface area contributed by atoms with Crippen LogP contribution in [0.2, 0.25) is 0 Å². The van der Waals surface area contributed by atoms with Gasteiger partial charge in [-0.15, -0.1) is 0 Å². The summed E-state index contributed by atoms with van der Waals surface area (Å²) >= 11 is 0. The van der Waals surface area contributed by atoms with Crippen LogP contribution in [0.1, 0.15) is 81.9 Å². The molecule has 6 rings (SSSR count). The lowest BCUT2D eigenvalue weighted by molar-refractivity contribution is -0.137. The molecule has 4 aromatic rings. The number of aromatic nitrogens is 2. The van der Waals surface area contributed by atoms with E-state index in [1.165, 1.54) is 6.92 Å². The highest BCUT2D eigenvalue weighted by Crippen LogP contribution is 2.50. The Bertz CT molecular complexity index is 2010. The molecule has 1 aliphatic carbocycles. The van der Waals surface area contributed by atoms with Crippen molar-refractivity contribution in [1.29, 1.82) is 0 Å². The number of methoxy groups -OCH3 is 3. The van der Waals surface area contributed by atoms with E-state index in [0.717, 1.165) is 59.2 Å². The van der Waals surface area contributed by atoms with Crippen LogP contribution < -0.4 is 30.3 Å². The highest BCUT2D eigenvalue weighted by Gasteiger charge is 2.37. The van der Waals surface area contributed by atoms with Crippen molar-refractivity contribution in [3.63, 3.8) is 0 Å². The first-order valence-electron chi connectivity index (χ1n) is 17.9. The molecule has 3 aromatic carbocycles. The molecule has 51 heavy (non-hydrogen) atoms. The molecule has 0 spiro atoms. The molecule has 0 radical (unpaired) electrons. The Morgan fingerprint density at radius 2 is 1.76 bits per heavy atom. The Hall–Kier alpha value is -5.06. The summed E-state index contributed by atoms with van der Waals surface area (Å²) < 4.78 is 19.4. The predicted octanol–water partition coefficient (Wildman–Crippen LogP) is 6.33. The van der Waals surface area contributed by atoms with Gasteiger partial charge in [0.2, 0.25) is 23.0 Å². The molecule has 2 N–H and O–H groups in total. The number of piperidine rings is 1. The highest BCUT2D eigenvalue weighted by atomic mass is 16.5. The van der Waals surface area contributed by atoms with Gasteiger partial charge in [-0.2, -0.15) is 0 Å². The summed E-state index contributed by atoms with van der Waals surface area (Å²) in [6, 6.07) is 13.9. The monoisotopic (exact) mass is 695 g/mol. The zero-order valence-electron chi connectivity index (χ0n) is 30.7. The van der Waals surface area contributed by atoms with Crippen molar-refractivity contribution in [3.8, 4) is 28.4 Å². The van der Waals surface area contributed by atoms with Gasteiger partial charge in [0.1, 0.15) is 11.9 Å². The third kappa shape index (κ3) is 6.73. The minimum absolute atomic E-state index is 0.0476. The lowest BCUT2D eigenvalue weighted by atomic mass is 9.94. The number of benzene rings is 2. The van der Waals surface area contributed by atoms with E-state index < -0.39 is 12.1 Å². The minimum Gasteiger partial charge on any atom is -0.493 e. The van der Waals surface area contributed by atoms with Crippen LogP contribution in [-0.4, -0.2) is 60.2 Å². The standard InChI is InChI=1S/C40H49N5O6/c1-8-23(2)36(40(48)45-20-12-11-15-32(45)39-43-29-13-9-10-14-31(29)44(39)4)42-30-19-17-26-27(22-33(30)47)28(41-24(3)46)18-16-25-21-34(49-5)37(50-6)38(51-7)35(25)26/h9-10,13-14,17,19,21-23,28,32,36H,8,11-12,15-16,18,20H2,1-7H3,(H,41,46)(H,42,47)/t23-,28+,32?,36+/m1/s1. The maximum Gasteiger partial charge on any atom is 0.245 e. The van der Waals surface area contributed by atoms with E-state index in [1.807, 2.05) is 55.3 Å². The second-order valence-electron chi connectivity index (χ2n) is 13.7. The predicted molar refractivity (Wildman–Crippen MR) is 199 cm³/mol. The minimum atomic E-state index is -0.655. The van der Waals surface area contributed by atoms with Gasteiger partial charge in [0.05, 0.1) is 50.1 Å². The molecule has 2 amide bonds. The summed E-state index contributed by atoms with van der Waals surface area (Å²) in [4.78, 5) is 48.3. The molecule has 1 fully saturated rings. The summed E-state index contributed by atoms with van der Waals surface area (Å²) in [6.45, 7) is 6.19. The molecule has 2 heterocycles. The average Bonchev–Trinajstić information content (AvgIpc) is 3.29. The third-order valence-electron chi connectivity index (χ3n) is 10.6. The molecule has 1 saturated heterocycles. The van der Waals surface area contributed by atoms with Crippen molar-refractivity contribution in [3.05, 3.63) is 75.7 Å². The SMILES string of the molecule is CC[C@@H](C)[C@H](Nc1ccc2c(cc1=O)[C@@H](NC(C)=O)CCc1cc(OC)c(OC)c(OC)c1-2)C(=O)N1CCCCC1c1nc2ccccc2n1C. The van der Waals surface area contributed by atoms with Crippen LogP contribution in [0.3, 0.4) is 0 Å². The lowest BCUT2D eigenvalue weighted by Gasteiger charge is -2.39. The number of imidazole rings is 1. The van der Waals surface area contributed by atoms with E-state index in [9.17, 15) is 14.4 Å². The Balaban J connectivity index is 1.44. The Morgan fingerprint density at radius 3 is 2.45 bits per heavy atom. The number of anilines is 1. The molecule has 4 atom stereocenters. The number of carbonyl (C=O) groups is 2. The summed E-state index contributed by atoms with van der Waals surface area (Å²) in [5, 5.41) is 6.48. The van der Waals surface area contributed by atoms with Crippen LogP contribution in [0.25, 0.3) is 22.2 Å². The van der Waals surface area contributed by atoms with Crippen molar-refractivity contribution < 1.29 is 23.8 Å². The highest BCUT2D eigenvalue weighted by molar-refractivity contribution is 5.87. The third-order valence-corrected chi connectivity index (χ3v) is 10.6. The Labute approximate surface area is 299 Å². The van der Waals surface area contributed by atoms with Crippen LogP contribution in [0.4, 0.5) is 5.69 Å². The van der Waals surface area contributed by atoms with Gasteiger partial charge in [-0.05, 0) is 85.0 Å². The molecule has 0 saturated carbocycles. The molecule has 270 valence electrons. The molecule has 1 unspecified atom stereocenters. The van der Waals surface area contributed by atoms with Crippen LogP contribution in [0.5, 0.6) is 17.2 Å². The first-order chi connectivity index (χ1) is 24.6. The number of likely N-dealkylation sites (tertiary alicyclic amines) is 1. The first kappa shape index (κ1) is 35.8. The van der Waals surface area contributed by atoms with E-state index in [4.69, 9.17) is 19.2 Å². The quantitative estimate of drug-likeness (QED) is 0.197. The molecule has 0 bridgehead atoms. The van der Waals surface area contributed by atoms with Crippen LogP contribution in [-0.2, 0) is 23.1 Å². The largest absolute Gasteiger partial charge is 0.493 e. The topological polar surface area (TPSA) is 124 Å². The van der Waals surface area contributed by atoms with Crippen molar-refractivity contribution >= 4 is 28.5 Å². The second kappa shape index (κ2) is 15.0. The lowest BCUT2D eigenvalue weighted by Crippen LogP contribution is -2.50. The van der Waals surface area contributed by atoms with E-state index in [2.05, 4.69) is 22.1 Å². The smallest absolute Gasteiger partial charge is 0.245 e. The zero-order chi connectivity index (χ0) is 36.4. The van der Waals surface area contributed by atoms with Crippen LogP contribution >= 0.6 is 0 Å². The van der Waals surface area contributed by atoms with Crippen LogP contribution in [0.15, 0.2) is 53.3 Å². The molecular weight excluding hydrogens is 646 g/mol.